The lowest BCUT2D eigenvalue weighted by molar-refractivity contribution is -0.141. The van der Waals surface area contributed by atoms with Gasteiger partial charge in [0.15, 0.2) is 0 Å². The van der Waals surface area contributed by atoms with Crippen molar-refractivity contribution in [3.8, 4) is 0 Å². The summed E-state index contributed by atoms with van der Waals surface area (Å²) in [5.74, 6) is -0.0411. The molecule has 0 saturated carbocycles. The molecule has 2 aliphatic rings. The van der Waals surface area contributed by atoms with Crippen LogP contribution in [0.3, 0.4) is 0 Å². The maximum absolute atomic E-state index is 12.4. The number of likely N-dealkylation sites (tertiary alicyclic amines) is 2. The fourth-order valence-corrected chi connectivity index (χ4v) is 3.35. The molecule has 2 rings (SSSR count). The summed E-state index contributed by atoms with van der Waals surface area (Å²) in [7, 11) is 0. The first-order valence-corrected chi connectivity index (χ1v) is 8.41. The monoisotopic (exact) mass is 295 g/mol. The Bertz CT molecular complexity index is 378. The SMILES string of the molecule is CCCN1CCC(NC2CC(=O)N(C(C)CC)C2=O)CC1. The van der Waals surface area contributed by atoms with Crippen LogP contribution in [0.4, 0.5) is 0 Å². The van der Waals surface area contributed by atoms with Crippen LogP contribution in [-0.4, -0.2) is 59.4 Å². The van der Waals surface area contributed by atoms with Gasteiger partial charge in [0.1, 0.15) is 0 Å². The number of piperidine rings is 1. The summed E-state index contributed by atoms with van der Waals surface area (Å²) in [6, 6.07) is 0.0918. The zero-order valence-electron chi connectivity index (χ0n) is 13.6. The molecule has 0 radical (unpaired) electrons. The predicted molar refractivity (Wildman–Crippen MR) is 82.9 cm³/mol. The molecule has 120 valence electrons. The lowest BCUT2D eigenvalue weighted by Crippen LogP contribution is -2.49. The number of hydrogen-bond donors (Lipinski definition) is 1. The fraction of sp³-hybridized carbons (Fsp3) is 0.875. The number of imide groups is 1. The van der Waals surface area contributed by atoms with Crippen LogP contribution in [0.2, 0.25) is 0 Å². The van der Waals surface area contributed by atoms with E-state index in [2.05, 4.69) is 17.1 Å². The summed E-state index contributed by atoms with van der Waals surface area (Å²) in [5.41, 5.74) is 0. The van der Waals surface area contributed by atoms with Gasteiger partial charge in [0.25, 0.3) is 0 Å². The normalized spacial score (nSPS) is 26.6. The van der Waals surface area contributed by atoms with E-state index in [1.807, 2.05) is 13.8 Å². The van der Waals surface area contributed by atoms with E-state index in [0.29, 0.717) is 12.5 Å². The summed E-state index contributed by atoms with van der Waals surface area (Å²) >= 11 is 0. The average Bonchev–Trinajstić information content (AvgIpc) is 2.75. The third-order valence-corrected chi connectivity index (χ3v) is 4.78. The molecule has 21 heavy (non-hydrogen) atoms. The van der Waals surface area contributed by atoms with Crippen molar-refractivity contribution in [2.75, 3.05) is 19.6 Å². The molecule has 1 N–H and O–H groups in total. The molecular weight excluding hydrogens is 266 g/mol. The van der Waals surface area contributed by atoms with E-state index >= 15 is 0 Å². The van der Waals surface area contributed by atoms with Crippen molar-refractivity contribution in [3.63, 3.8) is 0 Å². The number of carbonyl (C=O) groups is 2. The molecule has 2 aliphatic heterocycles. The Balaban J connectivity index is 1.84. The molecule has 0 aliphatic carbocycles. The lowest BCUT2D eigenvalue weighted by Gasteiger charge is -2.33. The van der Waals surface area contributed by atoms with E-state index in [9.17, 15) is 9.59 Å². The highest BCUT2D eigenvalue weighted by Crippen LogP contribution is 2.20. The first-order valence-electron chi connectivity index (χ1n) is 8.41. The summed E-state index contributed by atoms with van der Waals surface area (Å²) in [4.78, 5) is 28.4. The summed E-state index contributed by atoms with van der Waals surface area (Å²) in [6.07, 6.45) is 4.48. The van der Waals surface area contributed by atoms with Gasteiger partial charge in [-0.3, -0.25) is 14.5 Å². The Morgan fingerprint density at radius 3 is 2.48 bits per heavy atom. The van der Waals surface area contributed by atoms with E-state index in [4.69, 9.17) is 0 Å². The Kier molecular flexibility index (Phi) is 5.76. The second-order valence-corrected chi connectivity index (χ2v) is 6.40. The van der Waals surface area contributed by atoms with Gasteiger partial charge in [-0.25, -0.2) is 0 Å². The molecule has 2 amide bonds. The first kappa shape index (κ1) is 16.4. The molecule has 5 heteroatoms. The van der Waals surface area contributed by atoms with Crippen LogP contribution in [0.1, 0.15) is 52.9 Å². The van der Waals surface area contributed by atoms with Gasteiger partial charge in [0.2, 0.25) is 11.8 Å². The second kappa shape index (κ2) is 7.36. The van der Waals surface area contributed by atoms with Gasteiger partial charge in [-0.15, -0.1) is 0 Å². The second-order valence-electron chi connectivity index (χ2n) is 6.40. The number of nitrogens with one attached hydrogen (secondary N) is 1. The van der Waals surface area contributed by atoms with E-state index in [0.717, 1.165) is 38.9 Å². The van der Waals surface area contributed by atoms with Crippen LogP contribution >= 0.6 is 0 Å². The van der Waals surface area contributed by atoms with E-state index in [1.54, 1.807) is 0 Å². The molecule has 0 aromatic rings. The van der Waals surface area contributed by atoms with Crippen LogP contribution in [-0.2, 0) is 9.59 Å². The number of nitrogens with zero attached hydrogens (tertiary/aromatic N) is 2. The third-order valence-electron chi connectivity index (χ3n) is 4.78. The molecule has 5 nitrogen and oxygen atoms in total. The van der Waals surface area contributed by atoms with Crippen LogP contribution in [0, 0.1) is 0 Å². The highest BCUT2D eigenvalue weighted by atomic mass is 16.2. The van der Waals surface area contributed by atoms with Crippen molar-refractivity contribution in [1.82, 2.24) is 15.1 Å². The van der Waals surface area contributed by atoms with Crippen LogP contribution in [0.5, 0.6) is 0 Å². The Hall–Kier alpha value is -0.940. The largest absolute Gasteiger partial charge is 0.303 e. The predicted octanol–water partition coefficient (Wildman–Crippen LogP) is 1.38. The van der Waals surface area contributed by atoms with Crippen molar-refractivity contribution in [2.45, 2.75) is 71.0 Å². The highest BCUT2D eigenvalue weighted by Gasteiger charge is 2.41. The minimum atomic E-state index is -0.297. The molecule has 0 spiro atoms. The fourth-order valence-electron chi connectivity index (χ4n) is 3.35. The van der Waals surface area contributed by atoms with Crippen LogP contribution in [0.15, 0.2) is 0 Å². The molecule has 2 unspecified atom stereocenters. The zero-order valence-corrected chi connectivity index (χ0v) is 13.6. The zero-order chi connectivity index (χ0) is 15.4. The molecule has 0 aromatic carbocycles. The van der Waals surface area contributed by atoms with Crippen molar-refractivity contribution < 1.29 is 9.59 Å². The molecule has 0 aromatic heterocycles. The Labute approximate surface area is 128 Å². The molecule has 2 saturated heterocycles. The minimum absolute atomic E-state index is 0.0169. The highest BCUT2D eigenvalue weighted by molar-refractivity contribution is 6.05. The Morgan fingerprint density at radius 1 is 1.24 bits per heavy atom. The number of rotatable bonds is 6. The van der Waals surface area contributed by atoms with Gasteiger partial charge in [-0.1, -0.05) is 13.8 Å². The third kappa shape index (κ3) is 3.83. The first-order chi connectivity index (χ1) is 10.1. The van der Waals surface area contributed by atoms with Gasteiger partial charge in [-0.2, -0.15) is 0 Å². The lowest BCUT2D eigenvalue weighted by atomic mass is 10.0. The van der Waals surface area contributed by atoms with Gasteiger partial charge in [-0.05, 0) is 52.2 Å². The van der Waals surface area contributed by atoms with Crippen molar-refractivity contribution in [1.29, 1.82) is 0 Å². The minimum Gasteiger partial charge on any atom is -0.303 e. The average molecular weight is 295 g/mol. The van der Waals surface area contributed by atoms with E-state index in [-0.39, 0.29) is 23.9 Å². The molecule has 2 heterocycles. The van der Waals surface area contributed by atoms with Gasteiger partial charge in [0.05, 0.1) is 12.5 Å². The summed E-state index contributed by atoms with van der Waals surface area (Å²) < 4.78 is 0. The van der Waals surface area contributed by atoms with E-state index in [1.165, 1.54) is 11.3 Å². The maximum atomic E-state index is 12.4. The van der Waals surface area contributed by atoms with Crippen LogP contribution < -0.4 is 5.32 Å². The van der Waals surface area contributed by atoms with Gasteiger partial charge >= 0.3 is 0 Å². The molecule has 2 fully saturated rings. The number of hydrogen-bond acceptors (Lipinski definition) is 4. The van der Waals surface area contributed by atoms with Crippen molar-refractivity contribution >= 4 is 11.8 Å². The molecular formula is C16H29N3O2. The number of carbonyl (C=O) groups excluding carboxylic acids is 2. The van der Waals surface area contributed by atoms with Gasteiger partial charge in [0, 0.05) is 12.1 Å². The van der Waals surface area contributed by atoms with Crippen molar-refractivity contribution in [2.24, 2.45) is 0 Å². The topological polar surface area (TPSA) is 52.7 Å². The maximum Gasteiger partial charge on any atom is 0.247 e. The smallest absolute Gasteiger partial charge is 0.247 e. The number of amides is 2. The van der Waals surface area contributed by atoms with E-state index < -0.39 is 0 Å². The van der Waals surface area contributed by atoms with Gasteiger partial charge < -0.3 is 10.2 Å². The molecule has 2 atom stereocenters. The Morgan fingerprint density at radius 2 is 1.90 bits per heavy atom. The summed E-state index contributed by atoms with van der Waals surface area (Å²) in [5, 5.41) is 3.43. The summed E-state index contributed by atoms with van der Waals surface area (Å²) in [6.45, 7) is 9.51. The van der Waals surface area contributed by atoms with Crippen LogP contribution in [0.25, 0.3) is 0 Å². The molecule has 0 bridgehead atoms. The quantitative estimate of drug-likeness (QED) is 0.752. The standard InChI is InChI=1S/C16H29N3O2/c1-4-8-18-9-6-13(7-10-18)17-14-11-15(20)19(16(14)21)12(3)5-2/h12-14,17H,4-11H2,1-3H3. The van der Waals surface area contributed by atoms with Crippen molar-refractivity contribution in [3.05, 3.63) is 0 Å².